The fourth-order valence-corrected chi connectivity index (χ4v) is 1.55. The highest BCUT2D eigenvalue weighted by Crippen LogP contribution is 2.08. The van der Waals surface area contributed by atoms with E-state index >= 15 is 0 Å². The normalized spacial score (nSPS) is 10.2. The van der Waals surface area contributed by atoms with Crippen molar-refractivity contribution in [1.29, 1.82) is 0 Å². The minimum absolute atomic E-state index is 0.130. The maximum atomic E-state index is 12.1. The zero-order chi connectivity index (χ0) is 13.8. The van der Waals surface area contributed by atoms with Crippen LogP contribution in [-0.4, -0.2) is 26.3 Å². The number of amides is 1. The quantitative estimate of drug-likeness (QED) is 0.818. The van der Waals surface area contributed by atoms with Gasteiger partial charge in [0.05, 0.1) is 12.2 Å². The summed E-state index contributed by atoms with van der Waals surface area (Å²) in [6.07, 6.45) is 4.45. The third-order valence-corrected chi connectivity index (χ3v) is 2.47. The Kier molecular flexibility index (Phi) is 3.56. The highest BCUT2D eigenvalue weighted by molar-refractivity contribution is 5.97. The first kappa shape index (κ1) is 12.7. The molecule has 2 aromatic heterocycles. The Bertz CT molecular complexity index is 620. The third-order valence-electron chi connectivity index (χ3n) is 2.47. The number of nitrogens with two attached hydrogens (primary N) is 1. The summed E-state index contributed by atoms with van der Waals surface area (Å²) in [6.45, 7) is 1.69. The number of anilines is 1. The molecule has 0 saturated heterocycles. The summed E-state index contributed by atoms with van der Waals surface area (Å²) in [6, 6.07) is 3.19. The van der Waals surface area contributed by atoms with Gasteiger partial charge in [0.25, 0.3) is 5.91 Å². The number of carbonyl (C=O) groups is 2. The van der Waals surface area contributed by atoms with Crippen molar-refractivity contribution in [2.75, 3.05) is 5.73 Å². The highest BCUT2D eigenvalue weighted by atomic mass is 16.2. The van der Waals surface area contributed by atoms with E-state index in [1.54, 1.807) is 12.1 Å². The zero-order valence-corrected chi connectivity index (χ0v) is 10.3. The van der Waals surface area contributed by atoms with Crippen LogP contribution in [0.4, 0.5) is 5.95 Å². The van der Waals surface area contributed by atoms with Gasteiger partial charge in [0, 0.05) is 31.1 Å². The first-order chi connectivity index (χ1) is 9.08. The van der Waals surface area contributed by atoms with Crippen LogP contribution in [-0.2, 0) is 11.3 Å². The number of pyridine rings is 1. The molecule has 19 heavy (non-hydrogen) atoms. The van der Waals surface area contributed by atoms with E-state index in [-0.39, 0.29) is 24.3 Å². The van der Waals surface area contributed by atoms with Crippen molar-refractivity contribution in [3.05, 3.63) is 42.0 Å². The number of rotatable bonds is 3. The predicted molar refractivity (Wildman–Crippen MR) is 68.1 cm³/mol. The van der Waals surface area contributed by atoms with Crippen molar-refractivity contribution in [3.8, 4) is 0 Å². The van der Waals surface area contributed by atoms with E-state index in [1.807, 2.05) is 0 Å². The Balaban J connectivity index is 2.21. The summed E-state index contributed by atoms with van der Waals surface area (Å²) in [5.41, 5.74) is 6.60. The van der Waals surface area contributed by atoms with E-state index < -0.39 is 0 Å². The number of nitrogens with one attached hydrogen (secondary N) is 1. The molecule has 0 unspecified atom stereocenters. The van der Waals surface area contributed by atoms with Gasteiger partial charge in [-0.25, -0.2) is 4.98 Å². The molecule has 7 heteroatoms. The third kappa shape index (κ3) is 2.95. The maximum absolute atomic E-state index is 12.1. The molecule has 0 spiro atoms. The number of hydrogen-bond donors (Lipinski definition) is 2. The van der Waals surface area contributed by atoms with Gasteiger partial charge in [-0.1, -0.05) is 0 Å². The Labute approximate surface area is 109 Å². The standard InChI is InChI=1S/C12H13N5O2/c1-8(18)16-7-10-6-9(2-3-14-10)11(19)17-5-4-15-12(17)13/h2-6H,7H2,1H3,(H2,13,15)(H,16,18). The number of hydrogen-bond acceptors (Lipinski definition) is 5. The molecular formula is C12H13N5O2. The highest BCUT2D eigenvalue weighted by Gasteiger charge is 2.12. The summed E-state index contributed by atoms with van der Waals surface area (Å²) >= 11 is 0. The van der Waals surface area contributed by atoms with Crippen molar-refractivity contribution in [3.63, 3.8) is 0 Å². The van der Waals surface area contributed by atoms with Gasteiger partial charge in [-0.2, -0.15) is 0 Å². The monoisotopic (exact) mass is 259 g/mol. The molecule has 0 aliphatic rings. The lowest BCUT2D eigenvalue weighted by atomic mass is 10.2. The van der Waals surface area contributed by atoms with Crippen molar-refractivity contribution in [2.45, 2.75) is 13.5 Å². The van der Waals surface area contributed by atoms with E-state index in [0.717, 1.165) is 0 Å². The van der Waals surface area contributed by atoms with Crippen LogP contribution < -0.4 is 11.1 Å². The molecule has 0 radical (unpaired) electrons. The molecule has 0 saturated carbocycles. The molecule has 3 N–H and O–H groups in total. The Hall–Kier alpha value is -2.70. The van der Waals surface area contributed by atoms with Gasteiger partial charge in [-0.05, 0) is 12.1 Å². The molecule has 0 aromatic carbocycles. The van der Waals surface area contributed by atoms with E-state index in [9.17, 15) is 9.59 Å². The largest absolute Gasteiger partial charge is 0.369 e. The molecular weight excluding hydrogens is 246 g/mol. The first-order valence-electron chi connectivity index (χ1n) is 5.61. The molecule has 0 aliphatic heterocycles. The second kappa shape index (κ2) is 5.30. The van der Waals surface area contributed by atoms with Crippen LogP contribution in [0.1, 0.15) is 23.0 Å². The van der Waals surface area contributed by atoms with Crippen molar-refractivity contribution < 1.29 is 9.59 Å². The van der Waals surface area contributed by atoms with Gasteiger partial charge in [-0.15, -0.1) is 0 Å². The first-order valence-corrected chi connectivity index (χ1v) is 5.61. The Morgan fingerprint density at radius 1 is 1.37 bits per heavy atom. The summed E-state index contributed by atoms with van der Waals surface area (Å²) in [5.74, 6) is -0.316. The molecule has 0 bridgehead atoms. The Morgan fingerprint density at radius 3 is 2.79 bits per heavy atom. The van der Waals surface area contributed by atoms with Gasteiger partial charge in [0.15, 0.2) is 0 Å². The minimum Gasteiger partial charge on any atom is -0.369 e. The average molecular weight is 259 g/mol. The summed E-state index contributed by atoms with van der Waals surface area (Å²) < 4.78 is 1.25. The summed E-state index contributed by atoms with van der Waals surface area (Å²) in [7, 11) is 0. The number of aromatic nitrogens is 3. The number of carbonyl (C=O) groups excluding carboxylic acids is 2. The minimum atomic E-state index is -0.290. The van der Waals surface area contributed by atoms with Crippen LogP contribution in [0, 0.1) is 0 Å². The smallest absolute Gasteiger partial charge is 0.264 e. The van der Waals surface area contributed by atoms with E-state index in [0.29, 0.717) is 11.3 Å². The van der Waals surface area contributed by atoms with Crippen LogP contribution in [0.5, 0.6) is 0 Å². The molecule has 1 amide bonds. The fourth-order valence-electron chi connectivity index (χ4n) is 1.55. The van der Waals surface area contributed by atoms with Gasteiger partial charge < -0.3 is 11.1 Å². The second-order valence-corrected chi connectivity index (χ2v) is 3.91. The van der Waals surface area contributed by atoms with Gasteiger partial charge >= 0.3 is 0 Å². The van der Waals surface area contributed by atoms with Crippen molar-refractivity contribution in [2.24, 2.45) is 0 Å². The molecule has 0 atom stereocenters. The summed E-state index contributed by atoms with van der Waals surface area (Å²) in [5, 5.41) is 2.62. The second-order valence-electron chi connectivity index (χ2n) is 3.91. The fraction of sp³-hybridized carbons (Fsp3) is 0.167. The van der Waals surface area contributed by atoms with Crippen LogP contribution in [0.15, 0.2) is 30.7 Å². The molecule has 0 fully saturated rings. The van der Waals surface area contributed by atoms with Gasteiger partial charge in [-0.3, -0.25) is 19.1 Å². The number of imidazole rings is 1. The van der Waals surface area contributed by atoms with Gasteiger partial charge in [0.2, 0.25) is 11.9 Å². The van der Waals surface area contributed by atoms with E-state index in [1.165, 1.54) is 30.1 Å². The average Bonchev–Trinajstić information content (AvgIpc) is 2.82. The zero-order valence-electron chi connectivity index (χ0n) is 10.3. The molecule has 2 rings (SSSR count). The van der Waals surface area contributed by atoms with E-state index in [4.69, 9.17) is 5.73 Å². The van der Waals surface area contributed by atoms with Gasteiger partial charge in [0.1, 0.15) is 0 Å². The molecule has 2 heterocycles. The molecule has 7 nitrogen and oxygen atoms in total. The van der Waals surface area contributed by atoms with Crippen LogP contribution in [0.3, 0.4) is 0 Å². The molecule has 0 aliphatic carbocycles. The van der Waals surface area contributed by atoms with Crippen LogP contribution in [0.2, 0.25) is 0 Å². The number of nitrogen functional groups attached to an aromatic ring is 1. The Morgan fingerprint density at radius 2 is 2.16 bits per heavy atom. The van der Waals surface area contributed by atoms with Crippen LogP contribution >= 0.6 is 0 Å². The maximum Gasteiger partial charge on any atom is 0.264 e. The topological polar surface area (TPSA) is 103 Å². The van der Waals surface area contributed by atoms with Crippen LogP contribution in [0.25, 0.3) is 0 Å². The SMILES string of the molecule is CC(=O)NCc1cc(C(=O)n2ccnc2N)ccn1. The predicted octanol–water partition coefficient (Wildman–Crippen LogP) is 0.185. The van der Waals surface area contributed by atoms with Crippen molar-refractivity contribution in [1.82, 2.24) is 19.9 Å². The lowest BCUT2D eigenvalue weighted by Crippen LogP contribution is -2.20. The summed E-state index contributed by atoms with van der Waals surface area (Å²) in [4.78, 5) is 30.8. The van der Waals surface area contributed by atoms with Crippen molar-refractivity contribution >= 4 is 17.8 Å². The lowest BCUT2D eigenvalue weighted by Gasteiger charge is -2.06. The number of nitrogens with zero attached hydrogens (tertiary/aromatic N) is 3. The molecule has 98 valence electrons. The van der Waals surface area contributed by atoms with E-state index in [2.05, 4.69) is 15.3 Å². The molecule has 2 aromatic rings. The lowest BCUT2D eigenvalue weighted by molar-refractivity contribution is -0.119.